The van der Waals surface area contributed by atoms with E-state index in [0.717, 1.165) is 105 Å². The number of piperidine rings is 1. The number of fused-ring (bicyclic) bond motifs is 4. The van der Waals surface area contributed by atoms with Crippen LogP contribution >= 0.6 is 11.6 Å². The molecule has 4 saturated heterocycles. The number of sulfonamides is 1. The van der Waals surface area contributed by atoms with Gasteiger partial charge in [0, 0.05) is 111 Å². The van der Waals surface area contributed by atoms with Gasteiger partial charge in [0.2, 0.25) is 5.88 Å². The van der Waals surface area contributed by atoms with Gasteiger partial charge in [-0.05, 0) is 131 Å². The Morgan fingerprint density at radius 3 is 2.54 bits per heavy atom. The van der Waals surface area contributed by atoms with E-state index in [1.807, 2.05) is 50.2 Å². The molecule has 13 rings (SSSR count). The van der Waals surface area contributed by atoms with Crippen LogP contribution in [0.5, 0.6) is 17.4 Å². The molecule has 1 spiro atoms. The SMILES string of the molecule is Cc1c(F)cc(CN2CCN(C3CC4(CCN(c5ccc(C(=O)NS(=O)(=O)c6cc7c(c([N+](=O)[O-])c6)N[C@H](C6CCOCC6)CO7)c(N6c7cc8cc[nH]c8nc7O[C@H]7COCC[C@@H]76)c5)CC4)C3)[C@H](c3ccccc3OC(C)C)C2)cc1Cl. The molecule has 6 aromatic rings. The molecular formula is C61H69ClFN9O10S. The number of halogens is 2. The molecule has 0 unspecified atom stereocenters. The number of ether oxygens (including phenoxy) is 5. The van der Waals surface area contributed by atoms with E-state index in [1.54, 1.807) is 25.3 Å². The van der Waals surface area contributed by atoms with Crippen molar-refractivity contribution in [2.75, 3.05) is 80.9 Å². The number of aromatic amines is 1. The first-order valence-corrected chi connectivity index (χ1v) is 30.9. The number of nitrogens with zero attached hydrogens (tertiary/aromatic N) is 6. The molecule has 1 amide bonds. The molecule has 1 aliphatic carbocycles. The number of anilines is 4. The number of H-pyrrole nitrogens is 1. The van der Waals surface area contributed by atoms with Crippen LogP contribution in [0.15, 0.2) is 90.0 Å². The van der Waals surface area contributed by atoms with Crippen LogP contribution in [0.4, 0.5) is 32.8 Å². The third-order valence-corrected chi connectivity index (χ3v) is 20.1. The minimum Gasteiger partial charge on any atom is -0.491 e. The Morgan fingerprint density at radius 2 is 1.76 bits per heavy atom. The Hall–Kier alpha value is -6.75. The molecular weight excluding hydrogens is 1110 g/mol. The summed E-state index contributed by atoms with van der Waals surface area (Å²) in [5.41, 5.74) is 4.88. The summed E-state index contributed by atoms with van der Waals surface area (Å²) in [5.74, 6) is 0.184. The van der Waals surface area contributed by atoms with E-state index in [-0.39, 0.29) is 71.6 Å². The highest BCUT2D eigenvalue weighted by Gasteiger charge is 2.51. The lowest BCUT2D eigenvalue weighted by Gasteiger charge is -2.58. The molecule has 8 heterocycles. The third kappa shape index (κ3) is 10.8. The Morgan fingerprint density at radius 1 is 0.964 bits per heavy atom. The fraction of sp³-hybridized carbons (Fsp3) is 0.475. The first kappa shape index (κ1) is 55.4. The number of amides is 1. The highest BCUT2D eigenvalue weighted by atomic mass is 35.5. The highest BCUT2D eigenvalue weighted by molar-refractivity contribution is 7.90. The predicted octanol–water partition coefficient (Wildman–Crippen LogP) is 10.1. The van der Waals surface area contributed by atoms with Crippen molar-refractivity contribution in [3.8, 4) is 17.4 Å². The second kappa shape index (κ2) is 22.3. The van der Waals surface area contributed by atoms with Crippen molar-refractivity contribution in [2.45, 2.75) is 114 Å². The topological polar surface area (TPSA) is 206 Å². The number of rotatable bonds is 13. The lowest BCUT2D eigenvalue weighted by atomic mass is 9.59. The van der Waals surface area contributed by atoms with E-state index in [0.29, 0.717) is 72.3 Å². The monoisotopic (exact) mass is 1170 g/mol. The molecule has 0 radical (unpaired) electrons. The van der Waals surface area contributed by atoms with Crippen molar-refractivity contribution in [3.63, 3.8) is 0 Å². The second-order valence-corrected chi connectivity index (χ2v) is 25.9. The van der Waals surface area contributed by atoms with Gasteiger partial charge in [0.1, 0.15) is 35.6 Å². The van der Waals surface area contributed by atoms with Crippen LogP contribution in [0.1, 0.15) is 91.9 Å². The zero-order chi connectivity index (χ0) is 57.3. The number of nitro benzene ring substituents is 1. The molecule has 83 heavy (non-hydrogen) atoms. The number of piperazine rings is 1. The summed E-state index contributed by atoms with van der Waals surface area (Å²) in [5, 5.41) is 17.1. The number of para-hydroxylation sites is 1. The van der Waals surface area contributed by atoms with E-state index in [9.17, 15) is 27.7 Å². The number of hydrogen-bond acceptors (Lipinski definition) is 16. The van der Waals surface area contributed by atoms with Crippen LogP contribution in [0.2, 0.25) is 5.02 Å². The number of benzene rings is 4. The minimum atomic E-state index is -4.73. The first-order chi connectivity index (χ1) is 40.1. The number of hydrogen-bond donors (Lipinski definition) is 3. The van der Waals surface area contributed by atoms with Gasteiger partial charge >= 0.3 is 0 Å². The van der Waals surface area contributed by atoms with Gasteiger partial charge in [0.05, 0.1) is 51.9 Å². The smallest absolute Gasteiger partial charge is 0.297 e. The van der Waals surface area contributed by atoms with Crippen LogP contribution in [0.25, 0.3) is 11.0 Å². The maximum Gasteiger partial charge on any atom is 0.297 e. The Labute approximate surface area is 486 Å². The molecule has 438 valence electrons. The molecule has 1 saturated carbocycles. The number of pyridine rings is 1. The summed E-state index contributed by atoms with van der Waals surface area (Å²) in [6, 6.07) is 23.3. The zero-order valence-corrected chi connectivity index (χ0v) is 48.4. The fourth-order valence-electron chi connectivity index (χ4n) is 13.9. The van der Waals surface area contributed by atoms with E-state index in [1.165, 1.54) is 6.07 Å². The maximum absolute atomic E-state index is 14.9. The summed E-state index contributed by atoms with van der Waals surface area (Å²) in [6.45, 7) is 12.4. The van der Waals surface area contributed by atoms with Gasteiger partial charge in [0.15, 0.2) is 11.4 Å². The lowest BCUT2D eigenvalue weighted by molar-refractivity contribution is -0.384. The molecule has 2 aromatic heterocycles. The number of carbonyl (C=O) groups excluding carboxylic acids is 1. The van der Waals surface area contributed by atoms with E-state index in [4.69, 9.17) is 40.3 Å². The van der Waals surface area contributed by atoms with Gasteiger partial charge in [-0.25, -0.2) is 17.5 Å². The molecule has 3 N–H and O–H groups in total. The Balaban J connectivity index is 0.773. The van der Waals surface area contributed by atoms with Gasteiger partial charge in [-0.15, -0.1) is 0 Å². The lowest BCUT2D eigenvalue weighted by Crippen LogP contribution is -2.59. The average molecular weight is 1170 g/mol. The molecule has 0 bridgehead atoms. The quantitative estimate of drug-likeness (QED) is 0.0726. The van der Waals surface area contributed by atoms with Crippen molar-refractivity contribution in [2.24, 2.45) is 11.3 Å². The van der Waals surface area contributed by atoms with Gasteiger partial charge in [-0.2, -0.15) is 4.98 Å². The largest absolute Gasteiger partial charge is 0.491 e. The molecule has 7 aliphatic rings. The molecule has 22 heteroatoms. The zero-order valence-electron chi connectivity index (χ0n) is 46.8. The summed E-state index contributed by atoms with van der Waals surface area (Å²) >= 11 is 6.47. The Kier molecular flexibility index (Phi) is 14.9. The standard InChI is InChI=1S/C61H69ClFN9O10S/c1-36(2)81-54-7-5-4-6-44(54)53-33-68(32-38-24-46(62)37(3)47(63)25-38)19-20-70(53)42-30-61(31-42)14-17-69(18-15-61)41-8-9-45(50(27-41)71-49-13-23-79-35-56(49)82-60-52(71)26-40-10-16-64-58(40)66-60)59(73)67-83(76,77)43-28-51(72(74)75)57-55(29-43)80-34-48(65-57)39-11-21-78-22-12-39/h4-10,16,24-29,36,39,42,48-49,53,56,65H,11-15,17-23,30-35H2,1-3H3,(H,64,66)(H,67,73)/t48-,49-,53-,56-/m0/s1. The normalized spacial score (nSPS) is 23.1. The van der Waals surface area contributed by atoms with Gasteiger partial charge in [-0.1, -0.05) is 29.8 Å². The van der Waals surface area contributed by atoms with Crippen molar-refractivity contribution >= 4 is 67.0 Å². The molecule has 4 atom stereocenters. The van der Waals surface area contributed by atoms with Crippen LogP contribution < -0.4 is 34.0 Å². The number of nitro groups is 1. The van der Waals surface area contributed by atoms with E-state index in [2.05, 4.69) is 52.8 Å². The maximum atomic E-state index is 14.9. The van der Waals surface area contributed by atoms with Crippen LogP contribution in [-0.2, 0) is 26.0 Å². The summed E-state index contributed by atoms with van der Waals surface area (Å²) in [4.78, 5) is 44.0. The summed E-state index contributed by atoms with van der Waals surface area (Å²) in [7, 11) is -4.73. The van der Waals surface area contributed by atoms with Crippen molar-refractivity contribution in [1.29, 1.82) is 0 Å². The number of nitrogens with one attached hydrogen (secondary N) is 3. The molecule has 5 fully saturated rings. The second-order valence-electron chi connectivity index (χ2n) is 23.8. The third-order valence-electron chi connectivity index (χ3n) is 18.4. The van der Waals surface area contributed by atoms with Crippen molar-refractivity contribution in [1.82, 2.24) is 24.5 Å². The summed E-state index contributed by atoms with van der Waals surface area (Å²) in [6.07, 6.45) is 7.40. The predicted molar refractivity (Wildman–Crippen MR) is 312 cm³/mol. The molecule has 6 aliphatic heterocycles. The van der Waals surface area contributed by atoms with Crippen molar-refractivity contribution < 1.29 is 46.2 Å². The van der Waals surface area contributed by atoms with Crippen LogP contribution in [-0.4, -0.2) is 135 Å². The van der Waals surface area contributed by atoms with Gasteiger partial charge < -0.3 is 43.8 Å². The Bertz CT molecular complexity index is 3560. The van der Waals surface area contributed by atoms with Gasteiger partial charge in [-0.3, -0.25) is 24.7 Å². The fourth-order valence-corrected chi connectivity index (χ4v) is 15.1. The van der Waals surface area contributed by atoms with Crippen LogP contribution in [0, 0.1) is 34.2 Å². The van der Waals surface area contributed by atoms with Crippen molar-refractivity contribution in [3.05, 3.63) is 128 Å². The number of aromatic nitrogens is 2. The van der Waals surface area contributed by atoms with E-state index < -0.39 is 37.5 Å². The highest BCUT2D eigenvalue weighted by Crippen LogP contribution is 2.54. The molecule has 4 aromatic carbocycles. The number of carbonyl (C=O) groups is 1. The van der Waals surface area contributed by atoms with E-state index >= 15 is 0 Å². The summed E-state index contributed by atoms with van der Waals surface area (Å²) < 4.78 is 76.6. The first-order valence-electron chi connectivity index (χ1n) is 29.0. The average Bonchev–Trinajstić information content (AvgIpc) is 4.14. The minimum absolute atomic E-state index is 0.000632. The molecule has 19 nitrogen and oxygen atoms in total. The van der Waals surface area contributed by atoms with Crippen LogP contribution in [0.3, 0.4) is 0 Å². The van der Waals surface area contributed by atoms with Gasteiger partial charge in [0.25, 0.3) is 21.6 Å².